The van der Waals surface area contributed by atoms with E-state index in [0.717, 1.165) is 4.31 Å². The number of carbonyl (C=O) groups is 1. The molecule has 0 spiro atoms. The fourth-order valence-corrected chi connectivity index (χ4v) is 2.95. The van der Waals surface area contributed by atoms with Gasteiger partial charge >= 0.3 is 16.3 Å². The molecule has 1 amide bonds. The molecule has 1 saturated heterocycles. The van der Waals surface area contributed by atoms with Crippen molar-refractivity contribution in [3.8, 4) is 5.75 Å². The molecule has 1 fully saturated rings. The molecule has 0 aliphatic carbocycles. The molecule has 1 aromatic carbocycles. The van der Waals surface area contributed by atoms with Gasteiger partial charge in [0.2, 0.25) is 0 Å². The van der Waals surface area contributed by atoms with Crippen LogP contribution in [0.4, 0.5) is 9.18 Å². The summed E-state index contributed by atoms with van der Waals surface area (Å²) in [6.07, 6.45) is -1.38. The van der Waals surface area contributed by atoms with Gasteiger partial charge in [-0.1, -0.05) is 0 Å². The number of carbonyl (C=O) groups excluding carboxylic acids is 1. The Balaban J connectivity index is 1.83. The molecule has 0 saturated carbocycles. The molecule has 1 aromatic rings. The highest BCUT2D eigenvalue weighted by Gasteiger charge is 2.38. The van der Waals surface area contributed by atoms with Crippen molar-refractivity contribution in [2.45, 2.75) is 32.5 Å². The Morgan fingerprint density at radius 2 is 1.83 bits per heavy atom. The number of rotatable bonds is 4. The van der Waals surface area contributed by atoms with Gasteiger partial charge in [0, 0.05) is 0 Å². The maximum absolute atomic E-state index is 12.8. The van der Waals surface area contributed by atoms with Crippen molar-refractivity contribution in [3.05, 3.63) is 30.1 Å². The minimum absolute atomic E-state index is 0.0928. The Kier molecular flexibility index (Phi) is 4.81. The third-order valence-corrected chi connectivity index (χ3v) is 4.28. The lowest BCUT2D eigenvalue weighted by Gasteiger charge is -2.37. The molecule has 1 heterocycles. The van der Waals surface area contributed by atoms with Gasteiger partial charge in [-0.15, -0.1) is 0 Å². The highest BCUT2D eigenvalue weighted by atomic mass is 32.2. The molecule has 1 N–H and O–H groups in total. The van der Waals surface area contributed by atoms with Crippen molar-refractivity contribution in [2.24, 2.45) is 0 Å². The first-order valence-electron chi connectivity index (χ1n) is 6.98. The van der Waals surface area contributed by atoms with Crippen molar-refractivity contribution in [2.75, 3.05) is 13.1 Å². The number of nitrogens with zero attached hydrogens (tertiary/aromatic N) is 1. The topological polar surface area (TPSA) is 84.9 Å². The summed E-state index contributed by atoms with van der Waals surface area (Å²) in [7, 11) is -3.96. The van der Waals surface area contributed by atoms with E-state index < -0.39 is 21.9 Å². The van der Waals surface area contributed by atoms with E-state index in [2.05, 4.69) is 0 Å². The monoisotopic (exact) mass is 346 g/mol. The first-order chi connectivity index (χ1) is 10.5. The van der Waals surface area contributed by atoms with E-state index in [0.29, 0.717) is 5.75 Å². The number of amides is 1. The van der Waals surface area contributed by atoms with E-state index in [1.165, 1.54) is 24.3 Å². The number of benzene rings is 1. The largest absolute Gasteiger partial charge is 0.488 e. The highest BCUT2D eigenvalue weighted by Crippen LogP contribution is 2.20. The van der Waals surface area contributed by atoms with Crippen LogP contribution in [-0.2, 0) is 14.9 Å². The molecule has 128 valence electrons. The Morgan fingerprint density at radius 3 is 2.35 bits per heavy atom. The van der Waals surface area contributed by atoms with Crippen LogP contribution in [0.3, 0.4) is 0 Å². The summed E-state index contributed by atoms with van der Waals surface area (Å²) in [5, 5.41) is 0. The van der Waals surface area contributed by atoms with Crippen LogP contribution in [0.5, 0.6) is 5.75 Å². The fraction of sp³-hybridized carbons (Fsp3) is 0.500. The van der Waals surface area contributed by atoms with Gasteiger partial charge in [0.05, 0.1) is 13.1 Å². The average Bonchev–Trinajstić information content (AvgIpc) is 2.31. The smallest absolute Gasteiger partial charge is 0.422 e. The van der Waals surface area contributed by atoms with Gasteiger partial charge in [-0.25, -0.2) is 13.9 Å². The van der Waals surface area contributed by atoms with E-state index in [1.807, 2.05) is 4.72 Å². The summed E-state index contributed by atoms with van der Waals surface area (Å²) in [5.41, 5.74) is -0.789. The van der Waals surface area contributed by atoms with Gasteiger partial charge in [-0.3, -0.25) is 0 Å². The van der Waals surface area contributed by atoms with Crippen molar-refractivity contribution >= 4 is 16.3 Å². The molecule has 0 atom stereocenters. The second kappa shape index (κ2) is 6.32. The van der Waals surface area contributed by atoms with E-state index in [4.69, 9.17) is 9.47 Å². The summed E-state index contributed by atoms with van der Waals surface area (Å²) in [5.74, 6) is 0.0743. The maximum atomic E-state index is 12.8. The van der Waals surface area contributed by atoms with Gasteiger partial charge in [0.25, 0.3) is 0 Å². The van der Waals surface area contributed by atoms with E-state index in [9.17, 15) is 17.6 Å². The van der Waals surface area contributed by atoms with Gasteiger partial charge in [0.15, 0.2) is 0 Å². The van der Waals surface area contributed by atoms with Crippen LogP contribution in [0.1, 0.15) is 20.8 Å². The van der Waals surface area contributed by atoms with E-state index in [-0.39, 0.29) is 25.0 Å². The number of nitrogens with one attached hydrogen (secondary N) is 1. The summed E-state index contributed by atoms with van der Waals surface area (Å²) < 4.78 is 50.0. The molecule has 0 radical (unpaired) electrons. The van der Waals surface area contributed by atoms with Gasteiger partial charge in [-0.2, -0.15) is 12.7 Å². The van der Waals surface area contributed by atoms with Crippen molar-refractivity contribution < 1.29 is 27.1 Å². The third kappa shape index (κ3) is 5.07. The molecule has 0 bridgehead atoms. The van der Waals surface area contributed by atoms with Crippen LogP contribution in [0.2, 0.25) is 0 Å². The lowest BCUT2D eigenvalue weighted by Crippen LogP contribution is -2.59. The Morgan fingerprint density at radius 1 is 1.26 bits per heavy atom. The predicted octanol–water partition coefficient (Wildman–Crippen LogP) is 1.66. The maximum Gasteiger partial charge on any atom is 0.422 e. The summed E-state index contributed by atoms with van der Waals surface area (Å²) >= 11 is 0. The minimum atomic E-state index is -3.96. The Labute approximate surface area is 134 Å². The Hall–Kier alpha value is -1.87. The molecular weight excluding hydrogens is 327 g/mol. The van der Waals surface area contributed by atoms with Crippen LogP contribution in [-0.4, -0.2) is 43.6 Å². The third-order valence-electron chi connectivity index (χ3n) is 2.88. The zero-order chi connectivity index (χ0) is 17.3. The quantitative estimate of drug-likeness (QED) is 0.896. The van der Waals surface area contributed by atoms with Crippen LogP contribution in [0, 0.1) is 5.82 Å². The van der Waals surface area contributed by atoms with E-state index >= 15 is 0 Å². The van der Waals surface area contributed by atoms with Gasteiger partial charge < -0.3 is 9.47 Å². The second-order valence-electron chi connectivity index (χ2n) is 6.12. The normalized spacial score (nSPS) is 16.5. The SMILES string of the molecule is CC(C)(C)OC(=O)NS(=O)(=O)N1CC(Oc2ccc(F)cc2)C1. The average molecular weight is 346 g/mol. The molecule has 9 heteroatoms. The standard InChI is InChI=1S/C14H19FN2O5S/c1-14(2,3)22-13(18)16-23(19,20)17-8-12(9-17)21-11-6-4-10(15)5-7-11/h4-7,12H,8-9H2,1-3H3,(H,16,18). The number of halogens is 1. The zero-order valence-electron chi connectivity index (χ0n) is 13.1. The van der Waals surface area contributed by atoms with Gasteiger partial charge in [-0.05, 0) is 45.0 Å². The summed E-state index contributed by atoms with van der Waals surface area (Å²) in [6.45, 7) is 5.09. The molecule has 7 nitrogen and oxygen atoms in total. The van der Waals surface area contributed by atoms with Crippen LogP contribution in [0.15, 0.2) is 24.3 Å². The predicted molar refractivity (Wildman–Crippen MR) is 80.7 cm³/mol. The fourth-order valence-electron chi connectivity index (χ4n) is 1.85. The zero-order valence-corrected chi connectivity index (χ0v) is 13.9. The summed E-state index contributed by atoms with van der Waals surface area (Å²) in [4.78, 5) is 11.5. The van der Waals surface area contributed by atoms with Crippen molar-refractivity contribution in [1.29, 1.82) is 0 Å². The van der Waals surface area contributed by atoms with E-state index in [1.54, 1.807) is 20.8 Å². The van der Waals surface area contributed by atoms with Crippen LogP contribution < -0.4 is 9.46 Å². The number of ether oxygens (including phenoxy) is 2. The molecular formula is C14H19FN2O5S. The first kappa shape index (κ1) is 17.5. The summed E-state index contributed by atoms with van der Waals surface area (Å²) in [6, 6.07) is 5.44. The molecule has 2 rings (SSSR count). The van der Waals surface area contributed by atoms with Crippen LogP contribution in [0.25, 0.3) is 0 Å². The van der Waals surface area contributed by atoms with Gasteiger partial charge in [0.1, 0.15) is 23.3 Å². The minimum Gasteiger partial charge on any atom is -0.488 e. The Bertz CT molecular complexity index is 663. The first-order valence-corrected chi connectivity index (χ1v) is 8.42. The number of hydrogen-bond donors (Lipinski definition) is 1. The van der Waals surface area contributed by atoms with Crippen molar-refractivity contribution in [1.82, 2.24) is 9.03 Å². The molecule has 1 aliphatic rings. The molecule has 0 unspecified atom stereocenters. The second-order valence-corrected chi connectivity index (χ2v) is 7.79. The number of hydrogen-bond acceptors (Lipinski definition) is 5. The van der Waals surface area contributed by atoms with Crippen LogP contribution >= 0.6 is 0 Å². The molecule has 23 heavy (non-hydrogen) atoms. The lowest BCUT2D eigenvalue weighted by molar-refractivity contribution is 0.0539. The molecule has 1 aliphatic heterocycles. The van der Waals surface area contributed by atoms with Crippen molar-refractivity contribution in [3.63, 3.8) is 0 Å². The highest BCUT2D eigenvalue weighted by molar-refractivity contribution is 7.87. The lowest BCUT2D eigenvalue weighted by atomic mass is 10.2. The molecule has 0 aromatic heterocycles.